The first kappa shape index (κ1) is 10.6. The number of hydrogen-bond donors (Lipinski definition) is 1. The quantitative estimate of drug-likeness (QED) is 0.821. The second kappa shape index (κ2) is 4.73. The summed E-state index contributed by atoms with van der Waals surface area (Å²) in [5.41, 5.74) is 1.21. The molecule has 0 amide bonds. The summed E-state index contributed by atoms with van der Waals surface area (Å²) in [6, 6.07) is 7.23. The van der Waals surface area contributed by atoms with Gasteiger partial charge in [-0.2, -0.15) is 0 Å². The van der Waals surface area contributed by atoms with E-state index in [1.807, 2.05) is 12.1 Å². The van der Waals surface area contributed by atoms with Crippen molar-refractivity contribution in [1.29, 1.82) is 0 Å². The normalized spacial score (nSPS) is 25.7. The first-order chi connectivity index (χ1) is 7.29. The second-order valence-corrected chi connectivity index (χ2v) is 4.04. The summed E-state index contributed by atoms with van der Waals surface area (Å²) in [5, 5.41) is 3.40. The van der Waals surface area contributed by atoms with Gasteiger partial charge in [0, 0.05) is 19.7 Å². The van der Waals surface area contributed by atoms with Gasteiger partial charge in [-0.3, -0.25) is 0 Å². The molecule has 15 heavy (non-hydrogen) atoms. The van der Waals surface area contributed by atoms with Gasteiger partial charge < -0.3 is 10.1 Å². The molecule has 1 saturated heterocycles. The van der Waals surface area contributed by atoms with Crippen LogP contribution in [-0.4, -0.2) is 26.3 Å². The maximum Gasteiger partial charge on any atom is 0.123 e. The van der Waals surface area contributed by atoms with Crippen molar-refractivity contribution in [2.45, 2.75) is 18.4 Å². The molecule has 1 aromatic rings. The van der Waals surface area contributed by atoms with E-state index in [-0.39, 0.29) is 5.82 Å². The number of benzene rings is 1. The molecule has 3 heteroatoms. The van der Waals surface area contributed by atoms with Crippen LogP contribution in [0.15, 0.2) is 24.3 Å². The Morgan fingerprint density at radius 3 is 2.80 bits per heavy atom. The van der Waals surface area contributed by atoms with Gasteiger partial charge in [0.25, 0.3) is 0 Å². The average Bonchev–Trinajstić information content (AvgIpc) is 2.68. The molecule has 0 radical (unpaired) electrons. The number of rotatable bonds is 3. The van der Waals surface area contributed by atoms with E-state index in [0.29, 0.717) is 12.0 Å². The van der Waals surface area contributed by atoms with Crippen LogP contribution in [0.25, 0.3) is 0 Å². The highest BCUT2D eigenvalue weighted by Crippen LogP contribution is 2.25. The Kier molecular flexibility index (Phi) is 3.34. The first-order valence-corrected chi connectivity index (χ1v) is 5.27. The fourth-order valence-electron chi connectivity index (χ4n) is 2.14. The standard InChI is InChI=1S/C12H16FNO/c1-15-8-12-6-10(7-14-12)9-2-4-11(13)5-3-9/h2-5,10,12,14H,6-8H2,1H3. The monoisotopic (exact) mass is 209 g/mol. The molecule has 1 N–H and O–H groups in total. The summed E-state index contributed by atoms with van der Waals surface area (Å²) in [7, 11) is 1.72. The molecular weight excluding hydrogens is 193 g/mol. The molecule has 2 rings (SSSR count). The lowest BCUT2D eigenvalue weighted by molar-refractivity contribution is 0.173. The fourth-order valence-corrected chi connectivity index (χ4v) is 2.14. The number of halogens is 1. The van der Waals surface area contributed by atoms with Gasteiger partial charge in [-0.1, -0.05) is 12.1 Å². The smallest absolute Gasteiger partial charge is 0.123 e. The van der Waals surface area contributed by atoms with E-state index in [9.17, 15) is 4.39 Å². The van der Waals surface area contributed by atoms with E-state index in [1.54, 1.807) is 7.11 Å². The highest BCUT2D eigenvalue weighted by molar-refractivity contribution is 5.22. The Morgan fingerprint density at radius 2 is 2.13 bits per heavy atom. The number of ether oxygens (including phenoxy) is 1. The molecule has 1 aromatic carbocycles. The van der Waals surface area contributed by atoms with E-state index in [0.717, 1.165) is 19.6 Å². The predicted molar refractivity (Wildman–Crippen MR) is 57.4 cm³/mol. The van der Waals surface area contributed by atoms with E-state index >= 15 is 0 Å². The Hall–Kier alpha value is -0.930. The van der Waals surface area contributed by atoms with Gasteiger partial charge in [-0.15, -0.1) is 0 Å². The third kappa shape index (κ3) is 2.55. The molecular formula is C12H16FNO. The van der Waals surface area contributed by atoms with Gasteiger partial charge >= 0.3 is 0 Å². The lowest BCUT2D eigenvalue weighted by Crippen LogP contribution is -2.25. The number of methoxy groups -OCH3 is 1. The Morgan fingerprint density at radius 1 is 1.40 bits per heavy atom. The van der Waals surface area contributed by atoms with Gasteiger partial charge in [0.15, 0.2) is 0 Å². The predicted octanol–water partition coefficient (Wildman–Crippen LogP) is 1.92. The largest absolute Gasteiger partial charge is 0.383 e. The molecule has 0 spiro atoms. The zero-order chi connectivity index (χ0) is 10.7. The van der Waals surface area contributed by atoms with Crippen LogP contribution in [0.5, 0.6) is 0 Å². The summed E-state index contributed by atoms with van der Waals surface area (Å²) >= 11 is 0. The van der Waals surface area contributed by atoms with Crippen LogP contribution in [0.1, 0.15) is 17.9 Å². The minimum absolute atomic E-state index is 0.168. The van der Waals surface area contributed by atoms with Gasteiger partial charge in [-0.05, 0) is 30.0 Å². The molecule has 1 fully saturated rings. The molecule has 0 bridgehead atoms. The van der Waals surface area contributed by atoms with Crippen molar-refractivity contribution in [3.05, 3.63) is 35.6 Å². The van der Waals surface area contributed by atoms with Crippen LogP contribution in [0, 0.1) is 5.82 Å². The van der Waals surface area contributed by atoms with Crippen molar-refractivity contribution in [2.75, 3.05) is 20.3 Å². The van der Waals surface area contributed by atoms with Crippen molar-refractivity contribution in [1.82, 2.24) is 5.32 Å². The van der Waals surface area contributed by atoms with Crippen molar-refractivity contribution in [3.8, 4) is 0 Å². The highest BCUT2D eigenvalue weighted by Gasteiger charge is 2.24. The molecule has 0 aromatic heterocycles. The molecule has 2 nitrogen and oxygen atoms in total. The van der Waals surface area contributed by atoms with E-state index in [4.69, 9.17) is 4.74 Å². The molecule has 82 valence electrons. The third-order valence-corrected chi connectivity index (χ3v) is 2.93. The van der Waals surface area contributed by atoms with Crippen LogP contribution in [0.4, 0.5) is 4.39 Å². The van der Waals surface area contributed by atoms with Crippen LogP contribution in [0.3, 0.4) is 0 Å². The molecule has 2 atom stereocenters. The van der Waals surface area contributed by atoms with E-state index in [1.165, 1.54) is 17.7 Å². The maximum absolute atomic E-state index is 12.7. The maximum atomic E-state index is 12.7. The van der Waals surface area contributed by atoms with Crippen molar-refractivity contribution in [2.24, 2.45) is 0 Å². The number of hydrogen-bond acceptors (Lipinski definition) is 2. The lowest BCUT2D eigenvalue weighted by Gasteiger charge is -2.09. The SMILES string of the molecule is COCC1CC(c2ccc(F)cc2)CN1. The first-order valence-electron chi connectivity index (χ1n) is 5.27. The molecule has 1 heterocycles. The number of nitrogens with one attached hydrogen (secondary N) is 1. The van der Waals surface area contributed by atoms with Crippen molar-refractivity contribution in [3.63, 3.8) is 0 Å². The summed E-state index contributed by atoms with van der Waals surface area (Å²) in [4.78, 5) is 0. The summed E-state index contributed by atoms with van der Waals surface area (Å²) in [5.74, 6) is 0.323. The Balaban J connectivity index is 1.98. The van der Waals surface area contributed by atoms with Crippen LogP contribution in [-0.2, 0) is 4.74 Å². The Bertz CT molecular complexity index is 312. The summed E-state index contributed by atoms with van der Waals surface area (Å²) in [6.07, 6.45) is 1.07. The van der Waals surface area contributed by atoms with Crippen molar-refractivity contribution < 1.29 is 9.13 Å². The minimum atomic E-state index is -0.168. The van der Waals surface area contributed by atoms with Crippen LogP contribution >= 0.6 is 0 Å². The molecule has 1 aliphatic heterocycles. The minimum Gasteiger partial charge on any atom is -0.383 e. The zero-order valence-electron chi connectivity index (χ0n) is 8.87. The second-order valence-electron chi connectivity index (χ2n) is 4.04. The third-order valence-electron chi connectivity index (χ3n) is 2.93. The van der Waals surface area contributed by atoms with E-state index < -0.39 is 0 Å². The van der Waals surface area contributed by atoms with Gasteiger partial charge in [0.05, 0.1) is 6.61 Å². The zero-order valence-corrected chi connectivity index (χ0v) is 8.87. The van der Waals surface area contributed by atoms with Crippen LogP contribution in [0.2, 0.25) is 0 Å². The fraction of sp³-hybridized carbons (Fsp3) is 0.500. The molecule has 0 aliphatic carbocycles. The lowest BCUT2D eigenvalue weighted by atomic mass is 9.96. The van der Waals surface area contributed by atoms with Gasteiger partial charge in [-0.25, -0.2) is 4.39 Å². The topological polar surface area (TPSA) is 21.3 Å². The molecule has 2 unspecified atom stereocenters. The van der Waals surface area contributed by atoms with Gasteiger partial charge in [0.2, 0.25) is 0 Å². The van der Waals surface area contributed by atoms with Gasteiger partial charge in [0.1, 0.15) is 5.82 Å². The summed E-state index contributed by atoms with van der Waals surface area (Å²) < 4.78 is 17.8. The Labute approximate surface area is 89.4 Å². The molecule has 0 saturated carbocycles. The summed E-state index contributed by atoms with van der Waals surface area (Å²) in [6.45, 7) is 1.71. The highest BCUT2D eigenvalue weighted by atomic mass is 19.1. The van der Waals surface area contributed by atoms with Crippen LogP contribution < -0.4 is 5.32 Å². The van der Waals surface area contributed by atoms with E-state index in [2.05, 4.69) is 5.32 Å². The average molecular weight is 209 g/mol. The van der Waals surface area contributed by atoms with Crippen molar-refractivity contribution >= 4 is 0 Å². The molecule has 1 aliphatic rings.